The summed E-state index contributed by atoms with van der Waals surface area (Å²) in [6.07, 6.45) is 0.976. The number of nitrogens with zero attached hydrogens (tertiary/aromatic N) is 2. The molecule has 2 aromatic rings. The molecule has 5 nitrogen and oxygen atoms in total. The van der Waals surface area contributed by atoms with Gasteiger partial charge in [-0.05, 0) is 12.0 Å². The number of aromatic nitrogens is 3. The Kier molecular flexibility index (Phi) is 3.18. The molecule has 0 saturated heterocycles. The Hall–Kier alpha value is -2.17. The highest BCUT2D eigenvalue weighted by atomic mass is 16.5. The van der Waals surface area contributed by atoms with E-state index in [2.05, 4.69) is 21.9 Å². The van der Waals surface area contributed by atoms with Gasteiger partial charge in [-0.25, -0.2) is 4.79 Å². The van der Waals surface area contributed by atoms with Gasteiger partial charge in [-0.15, -0.1) is 4.98 Å². The van der Waals surface area contributed by atoms with Crippen molar-refractivity contribution in [2.45, 2.75) is 13.3 Å². The maximum atomic E-state index is 11.3. The summed E-state index contributed by atoms with van der Waals surface area (Å²) in [7, 11) is 1.43. The van der Waals surface area contributed by atoms with E-state index in [0.29, 0.717) is 5.82 Å². The first-order valence-corrected chi connectivity index (χ1v) is 5.34. The summed E-state index contributed by atoms with van der Waals surface area (Å²) in [5.41, 5.74) is 1.60. The van der Waals surface area contributed by atoms with Gasteiger partial charge in [0.2, 0.25) is 0 Å². The minimum absolute atomic E-state index is 0.0725. The van der Waals surface area contributed by atoms with E-state index in [1.165, 1.54) is 12.7 Å². The minimum Gasteiger partial charge on any atom is -0.467 e. The summed E-state index contributed by atoms with van der Waals surface area (Å²) in [5, 5.41) is 0. The summed E-state index contributed by atoms with van der Waals surface area (Å²) in [6.45, 7) is 2.09. The monoisotopic (exact) mass is 231 g/mol. The van der Waals surface area contributed by atoms with Crippen LogP contribution in [-0.2, 0) is 6.42 Å². The van der Waals surface area contributed by atoms with Crippen molar-refractivity contribution in [2.75, 3.05) is 7.11 Å². The Balaban J connectivity index is 2.44. The zero-order valence-corrected chi connectivity index (χ0v) is 9.73. The number of aryl methyl sites for hydroxylation is 1. The van der Waals surface area contributed by atoms with Crippen molar-refractivity contribution >= 4 is 0 Å². The third kappa shape index (κ3) is 2.50. The Morgan fingerprint density at radius 1 is 1.24 bits per heavy atom. The molecule has 0 aliphatic heterocycles. The van der Waals surface area contributed by atoms with Crippen LogP contribution in [0, 0.1) is 0 Å². The number of aromatic amines is 1. The van der Waals surface area contributed by atoms with Gasteiger partial charge in [0.05, 0.1) is 7.11 Å². The van der Waals surface area contributed by atoms with Crippen LogP contribution >= 0.6 is 0 Å². The summed E-state index contributed by atoms with van der Waals surface area (Å²) in [4.78, 5) is 21.5. The molecule has 0 bridgehead atoms. The summed E-state index contributed by atoms with van der Waals surface area (Å²) in [6, 6.07) is 7.90. The fourth-order valence-electron chi connectivity index (χ4n) is 1.49. The summed E-state index contributed by atoms with van der Waals surface area (Å²) >= 11 is 0. The van der Waals surface area contributed by atoms with Crippen LogP contribution in [0.25, 0.3) is 11.4 Å². The number of hydrogen-bond donors (Lipinski definition) is 1. The van der Waals surface area contributed by atoms with Crippen molar-refractivity contribution in [3.8, 4) is 17.4 Å². The molecular weight excluding hydrogens is 218 g/mol. The molecule has 88 valence electrons. The van der Waals surface area contributed by atoms with E-state index >= 15 is 0 Å². The predicted molar refractivity (Wildman–Crippen MR) is 64.0 cm³/mol. The molecule has 1 aromatic carbocycles. The Morgan fingerprint density at radius 3 is 2.53 bits per heavy atom. The number of methoxy groups -OCH3 is 1. The summed E-state index contributed by atoms with van der Waals surface area (Å²) < 4.78 is 4.86. The lowest BCUT2D eigenvalue weighted by Gasteiger charge is -2.03. The van der Waals surface area contributed by atoms with Crippen molar-refractivity contribution in [2.24, 2.45) is 0 Å². The highest BCUT2D eigenvalue weighted by Gasteiger charge is 2.05. The second-order valence-corrected chi connectivity index (χ2v) is 3.54. The van der Waals surface area contributed by atoms with E-state index in [0.717, 1.165) is 12.0 Å². The largest absolute Gasteiger partial charge is 0.467 e. The number of H-pyrrole nitrogens is 1. The van der Waals surface area contributed by atoms with Gasteiger partial charge in [0.15, 0.2) is 0 Å². The number of benzene rings is 1. The van der Waals surface area contributed by atoms with E-state index < -0.39 is 5.69 Å². The smallest absolute Gasteiger partial charge is 0.351 e. The van der Waals surface area contributed by atoms with Crippen LogP contribution in [0.5, 0.6) is 6.01 Å². The molecule has 0 saturated carbocycles. The van der Waals surface area contributed by atoms with Crippen LogP contribution in [0.2, 0.25) is 0 Å². The second-order valence-electron chi connectivity index (χ2n) is 3.54. The van der Waals surface area contributed by atoms with Crippen LogP contribution in [0.1, 0.15) is 12.5 Å². The quantitative estimate of drug-likeness (QED) is 0.867. The number of nitrogens with one attached hydrogen (secondary N) is 1. The molecule has 1 N–H and O–H groups in total. The van der Waals surface area contributed by atoms with Gasteiger partial charge in [-0.3, -0.25) is 4.98 Å². The van der Waals surface area contributed by atoms with Gasteiger partial charge < -0.3 is 4.74 Å². The molecule has 2 rings (SSSR count). The molecule has 1 heterocycles. The third-order valence-electron chi connectivity index (χ3n) is 2.45. The van der Waals surface area contributed by atoms with Gasteiger partial charge in [0, 0.05) is 5.56 Å². The van der Waals surface area contributed by atoms with Crippen LogP contribution in [0.3, 0.4) is 0 Å². The lowest BCUT2D eigenvalue weighted by atomic mass is 10.1. The lowest BCUT2D eigenvalue weighted by molar-refractivity contribution is 0.377. The molecule has 0 aliphatic rings. The van der Waals surface area contributed by atoms with Gasteiger partial charge >= 0.3 is 11.7 Å². The molecule has 0 unspecified atom stereocenters. The highest BCUT2D eigenvalue weighted by Crippen LogP contribution is 2.15. The van der Waals surface area contributed by atoms with Crippen LogP contribution < -0.4 is 10.4 Å². The molecule has 5 heteroatoms. The van der Waals surface area contributed by atoms with Crippen molar-refractivity contribution < 1.29 is 4.74 Å². The fourth-order valence-corrected chi connectivity index (χ4v) is 1.49. The molecular formula is C12H13N3O2. The average Bonchev–Trinajstić information content (AvgIpc) is 2.38. The molecule has 0 fully saturated rings. The van der Waals surface area contributed by atoms with Crippen LogP contribution in [-0.4, -0.2) is 22.1 Å². The van der Waals surface area contributed by atoms with Gasteiger partial charge in [-0.2, -0.15) is 4.98 Å². The number of hydrogen-bond acceptors (Lipinski definition) is 4. The molecule has 0 atom stereocenters. The van der Waals surface area contributed by atoms with E-state index in [9.17, 15) is 4.79 Å². The minimum atomic E-state index is -0.466. The SMILES string of the molecule is CCc1ccc(-c2nc(OC)nc(=O)[nH]2)cc1. The topological polar surface area (TPSA) is 67.9 Å². The Labute approximate surface area is 98.5 Å². The van der Waals surface area contributed by atoms with Gasteiger partial charge in [0.1, 0.15) is 5.82 Å². The zero-order valence-electron chi connectivity index (χ0n) is 9.73. The number of ether oxygens (including phenoxy) is 1. The number of rotatable bonds is 3. The first kappa shape index (κ1) is 11.3. The van der Waals surface area contributed by atoms with Crippen molar-refractivity contribution in [3.05, 3.63) is 40.3 Å². The first-order chi connectivity index (χ1) is 8.22. The molecule has 0 aliphatic carbocycles. The molecule has 1 aromatic heterocycles. The fraction of sp³-hybridized carbons (Fsp3) is 0.250. The van der Waals surface area contributed by atoms with E-state index in [-0.39, 0.29) is 6.01 Å². The molecule has 17 heavy (non-hydrogen) atoms. The highest BCUT2D eigenvalue weighted by molar-refractivity contribution is 5.55. The Bertz CT molecular complexity index is 561. The average molecular weight is 231 g/mol. The maximum Gasteiger partial charge on any atom is 0.351 e. The second kappa shape index (κ2) is 4.78. The Morgan fingerprint density at radius 2 is 1.94 bits per heavy atom. The maximum absolute atomic E-state index is 11.3. The molecule has 0 spiro atoms. The zero-order chi connectivity index (χ0) is 12.3. The van der Waals surface area contributed by atoms with Gasteiger partial charge in [0.25, 0.3) is 0 Å². The van der Waals surface area contributed by atoms with Gasteiger partial charge in [-0.1, -0.05) is 31.2 Å². The standard InChI is InChI=1S/C12H13N3O2/c1-3-8-4-6-9(7-5-8)10-13-11(16)15-12(14-10)17-2/h4-7H,3H2,1-2H3,(H,13,14,15,16). The normalized spacial score (nSPS) is 10.2. The van der Waals surface area contributed by atoms with E-state index in [1.54, 1.807) is 0 Å². The van der Waals surface area contributed by atoms with Crippen molar-refractivity contribution in [1.29, 1.82) is 0 Å². The molecule has 0 radical (unpaired) electrons. The summed E-state index contributed by atoms with van der Waals surface area (Å²) in [5.74, 6) is 0.463. The predicted octanol–water partition coefficient (Wildman–Crippen LogP) is 1.40. The van der Waals surface area contributed by atoms with Crippen LogP contribution in [0.15, 0.2) is 29.1 Å². The lowest BCUT2D eigenvalue weighted by Crippen LogP contribution is -2.14. The van der Waals surface area contributed by atoms with Crippen molar-refractivity contribution in [3.63, 3.8) is 0 Å². The first-order valence-electron chi connectivity index (χ1n) is 5.34. The third-order valence-corrected chi connectivity index (χ3v) is 2.45. The van der Waals surface area contributed by atoms with E-state index in [4.69, 9.17) is 4.74 Å². The van der Waals surface area contributed by atoms with Crippen molar-refractivity contribution in [1.82, 2.24) is 15.0 Å². The van der Waals surface area contributed by atoms with E-state index in [1.807, 2.05) is 24.3 Å². The van der Waals surface area contributed by atoms with Crippen LogP contribution in [0.4, 0.5) is 0 Å². The molecule has 0 amide bonds.